The normalized spacial score (nSPS) is 17.9. The maximum Gasteiger partial charge on any atom is 0.280 e. The Morgan fingerprint density at radius 1 is 1.18 bits per heavy atom. The Labute approximate surface area is 191 Å². The van der Waals surface area contributed by atoms with Crippen LogP contribution in [-0.2, 0) is 16.6 Å². The van der Waals surface area contributed by atoms with Crippen molar-refractivity contribution in [2.24, 2.45) is 5.92 Å². The predicted octanol–water partition coefficient (Wildman–Crippen LogP) is 1.40. The number of nitrogens with zero attached hydrogens (tertiary/aromatic N) is 2. The molecule has 3 heterocycles. The van der Waals surface area contributed by atoms with Crippen molar-refractivity contribution in [2.45, 2.75) is 31.7 Å². The highest BCUT2D eigenvalue weighted by atomic mass is 32.3. The third kappa shape index (κ3) is 4.44. The van der Waals surface area contributed by atoms with Gasteiger partial charge < -0.3 is 5.32 Å². The van der Waals surface area contributed by atoms with E-state index in [0.717, 1.165) is 6.26 Å². The van der Waals surface area contributed by atoms with Crippen molar-refractivity contribution in [2.75, 3.05) is 16.3 Å². The molecule has 0 fully saturated rings. The first-order valence-electron chi connectivity index (χ1n) is 10.1. The van der Waals surface area contributed by atoms with Gasteiger partial charge in [-0.15, -0.1) is 0 Å². The van der Waals surface area contributed by atoms with E-state index in [1.807, 2.05) is 13.8 Å². The molecule has 2 aromatic heterocycles. The van der Waals surface area contributed by atoms with E-state index in [2.05, 4.69) is 14.8 Å². The molecule has 0 unspecified atom stereocenters. The maximum absolute atomic E-state index is 13.4. The van der Waals surface area contributed by atoms with E-state index in [1.165, 1.54) is 27.4 Å². The van der Waals surface area contributed by atoms with Gasteiger partial charge in [-0.1, -0.05) is 24.6 Å². The number of hydrogen-bond donors (Lipinski definition) is 5. The molecular weight excluding hydrogens is 470 g/mol. The molecule has 13 heteroatoms. The number of fused-ring (bicyclic) bond motifs is 2. The molecule has 5 N–H and O–H groups in total. The Morgan fingerprint density at radius 2 is 1.91 bits per heavy atom. The van der Waals surface area contributed by atoms with Crippen LogP contribution < -0.4 is 31.0 Å². The third-order valence-corrected chi connectivity index (χ3v) is 7.21. The van der Waals surface area contributed by atoms with E-state index in [0.29, 0.717) is 18.9 Å². The second-order valence-corrected chi connectivity index (χ2v) is 11.8. The largest absolute Gasteiger partial charge is 0.338 e. The number of hydrogen-bond acceptors (Lipinski definition) is 8. The number of sulfonamides is 1. The van der Waals surface area contributed by atoms with Gasteiger partial charge in [0.1, 0.15) is 21.5 Å². The number of aryl methyl sites for hydroxylation is 1. The number of benzene rings is 1. The van der Waals surface area contributed by atoms with Gasteiger partial charge in [0.2, 0.25) is 15.5 Å². The van der Waals surface area contributed by atoms with Gasteiger partial charge in [0.25, 0.3) is 5.56 Å². The number of nitrogens with one attached hydrogen (secondary N) is 3. The van der Waals surface area contributed by atoms with E-state index < -0.39 is 31.8 Å². The summed E-state index contributed by atoms with van der Waals surface area (Å²) in [6.45, 7) is 4.42. The summed E-state index contributed by atoms with van der Waals surface area (Å²) in [5, 5.41) is 2.65. The zero-order valence-electron chi connectivity index (χ0n) is 18.2. The van der Waals surface area contributed by atoms with E-state index in [9.17, 15) is 27.1 Å². The summed E-state index contributed by atoms with van der Waals surface area (Å²) in [4.78, 5) is 26.5. The van der Waals surface area contributed by atoms with Crippen molar-refractivity contribution in [3.05, 3.63) is 62.3 Å². The number of anilines is 2. The van der Waals surface area contributed by atoms with Crippen molar-refractivity contribution >= 4 is 43.5 Å². The van der Waals surface area contributed by atoms with Crippen molar-refractivity contribution in [1.29, 1.82) is 0 Å². The summed E-state index contributed by atoms with van der Waals surface area (Å²) in [6, 6.07) is 7.40. The van der Waals surface area contributed by atoms with Crippen LogP contribution in [0.15, 0.2) is 51.0 Å². The van der Waals surface area contributed by atoms with Crippen LogP contribution in [-0.4, -0.2) is 33.0 Å². The van der Waals surface area contributed by atoms with Gasteiger partial charge in [0.15, 0.2) is 0 Å². The Kier molecular flexibility index (Phi) is 5.68. The SMILES string of the molecule is CC(C)CCn1c(=O)c(=C2Nc3ccc(NS(C)(=O)=O)cc3S(O)(O)N2)c(=O)c2cccn21. The summed E-state index contributed by atoms with van der Waals surface area (Å²) in [6.07, 6.45) is 3.31. The van der Waals surface area contributed by atoms with E-state index in [-0.39, 0.29) is 32.8 Å². The number of aromatic nitrogens is 2. The van der Waals surface area contributed by atoms with Gasteiger partial charge in [0, 0.05) is 12.7 Å². The lowest BCUT2D eigenvalue weighted by molar-refractivity contribution is 0.455. The minimum Gasteiger partial charge on any atom is -0.338 e. The minimum atomic E-state index is -3.71. The van der Waals surface area contributed by atoms with Gasteiger partial charge in [-0.2, -0.15) is 0 Å². The molecular formula is C20H25N5O6S2. The molecule has 0 spiro atoms. The second kappa shape index (κ2) is 8.09. The van der Waals surface area contributed by atoms with Gasteiger partial charge in [-0.3, -0.25) is 32.7 Å². The van der Waals surface area contributed by atoms with Crippen LogP contribution in [0.25, 0.3) is 11.3 Å². The van der Waals surface area contributed by atoms with Crippen LogP contribution in [0.5, 0.6) is 0 Å². The first-order valence-corrected chi connectivity index (χ1v) is 13.5. The quantitative estimate of drug-likeness (QED) is 0.356. The van der Waals surface area contributed by atoms with Crippen LogP contribution in [0, 0.1) is 5.92 Å². The van der Waals surface area contributed by atoms with Crippen molar-refractivity contribution < 1.29 is 17.5 Å². The van der Waals surface area contributed by atoms with E-state index >= 15 is 0 Å². The van der Waals surface area contributed by atoms with Crippen molar-refractivity contribution in [3.63, 3.8) is 0 Å². The highest BCUT2D eigenvalue weighted by molar-refractivity contribution is 8.23. The van der Waals surface area contributed by atoms with Crippen LogP contribution in [0.1, 0.15) is 20.3 Å². The lowest BCUT2D eigenvalue weighted by Crippen LogP contribution is -2.52. The molecule has 0 bridgehead atoms. The second-order valence-electron chi connectivity index (χ2n) is 8.29. The smallest absolute Gasteiger partial charge is 0.280 e. The third-order valence-electron chi connectivity index (χ3n) is 5.16. The first kappa shape index (κ1) is 23.2. The molecule has 3 aromatic rings. The molecule has 0 atom stereocenters. The standard InChI is InChI=1S/C20H25N5O6S2/c1-12(2)8-10-25-20(27)17(18(26)15-5-4-9-24(15)25)19-21-14-7-6-13(22-32(3,28)29)11-16(14)33(30,31)23-19/h4-7,9,11-12,21-23,30-31H,8,10H2,1-3H3. The lowest BCUT2D eigenvalue weighted by atomic mass is 10.1. The Hall–Kier alpha value is -3.00. The lowest BCUT2D eigenvalue weighted by Gasteiger charge is -2.40. The predicted molar refractivity (Wildman–Crippen MR) is 129 cm³/mol. The molecule has 0 amide bonds. The summed E-state index contributed by atoms with van der Waals surface area (Å²) in [5.41, 5.74) is -0.494. The molecule has 0 saturated carbocycles. The first-order chi connectivity index (χ1) is 15.4. The fourth-order valence-corrected chi connectivity index (χ4v) is 5.45. The Balaban J connectivity index is 1.92. The molecule has 1 aromatic carbocycles. The average Bonchev–Trinajstić information content (AvgIpc) is 3.16. The fourth-order valence-electron chi connectivity index (χ4n) is 3.63. The zero-order valence-corrected chi connectivity index (χ0v) is 19.8. The molecule has 0 radical (unpaired) electrons. The Bertz CT molecular complexity index is 1520. The Morgan fingerprint density at radius 3 is 2.58 bits per heavy atom. The summed E-state index contributed by atoms with van der Waals surface area (Å²) < 4.78 is 52.3. The van der Waals surface area contributed by atoms with Gasteiger partial charge in [-0.05, 0) is 42.7 Å². The van der Waals surface area contributed by atoms with Crippen LogP contribution in [0.2, 0.25) is 0 Å². The highest BCUT2D eigenvalue weighted by Crippen LogP contribution is 2.52. The molecule has 0 saturated heterocycles. The fraction of sp³-hybridized carbons (Fsp3) is 0.300. The summed E-state index contributed by atoms with van der Waals surface area (Å²) in [5.74, 6) is 0.202. The van der Waals surface area contributed by atoms with Gasteiger partial charge >= 0.3 is 0 Å². The topological polar surface area (TPSA) is 154 Å². The molecule has 4 rings (SSSR count). The van der Waals surface area contributed by atoms with E-state index in [4.69, 9.17) is 0 Å². The van der Waals surface area contributed by atoms with E-state index in [1.54, 1.807) is 18.3 Å². The van der Waals surface area contributed by atoms with Crippen LogP contribution >= 0.6 is 10.8 Å². The van der Waals surface area contributed by atoms with Crippen LogP contribution in [0.4, 0.5) is 11.4 Å². The number of rotatable bonds is 5. The average molecular weight is 496 g/mol. The minimum absolute atomic E-state index is 0.00348. The highest BCUT2D eigenvalue weighted by Gasteiger charge is 2.29. The maximum atomic E-state index is 13.4. The molecule has 1 aliphatic rings. The van der Waals surface area contributed by atoms with Crippen molar-refractivity contribution in [3.8, 4) is 0 Å². The van der Waals surface area contributed by atoms with Gasteiger partial charge in [-0.25, -0.2) is 13.1 Å². The molecule has 1 aliphatic heterocycles. The van der Waals surface area contributed by atoms with Crippen molar-refractivity contribution in [1.82, 2.24) is 13.9 Å². The zero-order chi connectivity index (χ0) is 24.1. The molecule has 178 valence electrons. The summed E-state index contributed by atoms with van der Waals surface area (Å²) in [7, 11) is -7.28. The molecule has 0 aliphatic carbocycles. The summed E-state index contributed by atoms with van der Waals surface area (Å²) >= 11 is 0. The monoisotopic (exact) mass is 495 g/mol. The van der Waals surface area contributed by atoms with Gasteiger partial charge in [0.05, 0.1) is 17.6 Å². The molecule has 33 heavy (non-hydrogen) atoms. The van der Waals surface area contributed by atoms with Crippen LogP contribution in [0.3, 0.4) is 0 Å². The molecule has 11 nitrogen and oxygen atoms in total.